The zero-order valence-electron chi connectivity index (χ0n) is 16.6. The van der Waals surface area contributed by atoms with E-state index in [1.54, 1.807) is 0 Å². The number of nitrogens with zero attached hydrogens (tertiary/aromatic N) is 1. The number of rotatable bonds is 7. The van der Waals surface area contributed by atoms with Gasteiger partial charge in [-0.3, -0.25) is 9.78 Å². The minimum absolute atomic E-state index is 0.364. The van der Waals surface area contributed by atoms with Gasteiger partial charge >= 0.3 is 5.69 Å². The highest BCUT2D eigenvalue weighted by Crippen LogP contribution is 2.36. The maximum Gasteiger partial charge on any atom is 0.328 e. The number of benzene rings is 4. The zero-order chi connectivity index (χ0) is 20.5. The van der Waals surface area contributed by atoms with Crippen molar-refractivity contribution in [3.63, 3.8) is 0 Å². The molecule has 0 saturated carbocycles. The first kappa shape index (κ1) is 18.6. The fourth-order valence-corrected chi connectivity index (χ4v) is 4.21. The first-order chi connectivity index (χ1) is 14.7. The molecule has 0 bridgehead atoms. The van der Waals surface area contributed by atoms with Gasteiger partial charge in [0, 0.05) is 25.4 Å². The van der Waals surface area contributed by atoms with Crippen molar-refractivity contribution in [3.05, 3.63) is 93.3 Å². The summed E-state index contributed by atoms with van der Waals surface area (Å²) < 4.78 is 7.47. The Morgan fingerprint density at radius 3 is 2.33 bits per heavy atom. The highest BCUT2D eigenvalue weighted by molar-refractivity contribution is 6.23. The number of ether oxygens (including phenoxy) is 1. The fraction of sp³-hybridized carbons (Fsp3) is 0.200. The van der Waals surface area contributed by atoms with Crippen LogP contribution in [0.1, 0.15) is 18.4 Å². The van der Waals surface area contributed by atoms with Crippen LogP contribution in [0.2, 0.25) is 0 Å². The molecule has 0 atom stereocenters. The molecule has 0 amide bonds. The van der Waals surface area contributed by atoms with Gasteiger partial charge in [0.2, 0.25) is 0 Å². The lowest BCUT2D eigenvalue weighted by Gasteiger charge is -2.14. The second-order valence-electron chi connectivity index (χ2n) is 7.64. The molecule has 0 aliphatic heterocycles. The average Bonchev–Trinajstić information content (AvgIpc) is 2.76. The molecule has 1 N–H and O–H groups in total. The van der Waals surface area contributed by atoms with Gasteiger partial charge in [-0.25, -0.2) is 4.79 Å². The highest BCUT2D eigenvalue weighted by Gasteiger charge is 2.10. The summed E-state index contributed by atoms with van der Waals surface area (Å²) in [6, 6.07) is 20.9. The fourth-order valence-electron chi connectivity index (χ4n) is 4.21. The predicted molar refractivity (Wildman–Crippen MR) is 120 cm³/mol. The molecule has 1 heterocycles. The monoisotopic (exact) mass is 398 g/mol. The third kappa shape index (κ3) is 3.37. The number of aromatic amines is 1. The number of aromatic nitrogens is 2. The van der Waals surface area contributed by atoms with Crippen LogP contribution in [0.4, 0.5) is 0 Å². The van der Waals surface area contributed by atoms with Crippen LogP contribution in [0.15, 0.2) is 76.4 Å². The highest BCUT2D eigenvalue weighted by atomic mass is 16.5. The van der Waals surface area contributed by atoms with E-state index in [0.29, 0.717) is 19.8 Å². The minimum atomic E-state index is -0.368. The molecule has 5 aromatic rings. The summed E-state index contributed by atoms with van der Waals surface area (Å²) in [6.07, 6.45) is 3.19. The maximum atomic E-state index is 11.7. The van der Waals surface area contributed by atoms with E-state index >= 15 is 0 Å². The Bertz CT molecular complexity index is 1430. The topological polar surface area (TPSA) is 64.1 Å². The Morgan fingerprint density at radius 2 is 1.53 bits per heavy atom. The summed E-state index contributed by atoms with van der Waals surface area (Å²) >= 11 is 0. The van der Waals surface area contributed by atoms with Crippen molar-refractivity contribution in [2.24, 2.45) is 0 Å². The SMILES string of the molecule is O=c1ccn(CCCCOCc2ccc3ccc4cccc5ccc2c3c45)c(=O)[nH]1. The first-order valence-corrected chi connectivity index (χ1v) is 10.2. The van der Waals surface area contributed by atoms with Gasteiger partial charge in [0.05, 0.1) is 6.61 Å². The zero-order valence-corrected chi connectivity index (χ0v) is 16.6. The molecular formula is C25H22N2O3. The lowest BCUT2D eigenvalue weighted by atomic mass is 9.92. The summed E-state index contributed by atoms with van der Waals surface area (Å²) in [6.45, 7) is 1.75. The summed E-state index contributed by atoms with van der Waals surface area (Å²) in [5.41, 5.74) is 0.461. The van der Waals surface area contributed by atoms with E-state index in [1.807, 2.05) is 0 Å². The lowest BCUT2D eigenvalue weighted by molar-refractivity contribution is 0.117. The van der Waals surface area contributed by atoms with Crippen molar-refractivity contribution in [1.29, 1.82) is 0 Å². The number of unbranched alkanes of at least 4 members (excludes halogenated alkanes) is 1. The minimum Gasteiger partial charge on any atom is -0.377 e. The largest absolute Gasteiger partial charge is 0.377 e. The third-order valence-electron chi connectivity index (χ3n) is 5.71. The van der Waals surface area contributed by atoms with Crippen LogP contribution in [0.3, 0.4) is 0 Å². The Balaban J connectivity index is 1.27. The van der Waals surface area contributed by atoms with Crippen molar-refractivity contribution >= 4 is 32.3 Å². The second kappa shape index (κ2) is 7.76. The lowest BCUT2D eigenvalue weighted by Crippen LogP contribution is -2.28. The van der Waals surface area contributed by atoms with E-state index in [2.05, 4.69) is 59.6 Å². The molecule has 0 radical (unpaired) electrons. The predicted octanol–water partition coefficient (Wildman–Crippen LogP) is 4.43. The van der Waals surface area contributed by atoms with Crippen molar-refractivity contribution in [2.75, 3.05) is 6.61 Å². The van der Waals surface area contributed by atoms with Gasteiger partial charge in [-0.2, -0.15) is 0 Å². The van der Waals surface area contributed by atoms with Crippen LogP contribution in [-0.4, -0.2) is 16.2 Å². The number of H-pyrrole nitrogens is 1. The van der Waals surface area contributed by atoms with Crippen molar-refractivity contribution < 1.29 is 4.74 Å². The Morgan fingerprint density at radius 1 is 0.800 bits per heavy atom. The van der Waals surface area contributed by atoms with E-state index in [1.165, 1.54) is 54.7 Å². The molecule has 5 rings (SSSR count). The molecule has 150 valence electrons. The van der Waals surface area contributed by atoms with E-state index < -0.39 is 0 Å². The molecule has 0 fully saturated rings. The van der Waals surface area contributed by atoms with Gasteiger partial charge < -0.3 is 9.30 Å². The van der Waals surface area contributed by atoms with Crippen LogP contribution < -0.4 is 11.2 Å². The smallest absolute Gasteiger partial charge is 0.328 e. The van der Waals surface area contributed by atoms with Crippen LogP contribution in [-0.2, 0) is 17.9 Å². The number of aryl methyl sites for hydroxylation is 1. The van der Waals surface area contributed by atoms with Gasteiger partial charge in [0.15, 0.2) is 0 Å². The van der Waals surface area contributed by atoms with Gasteiger partial charge in [-0.1, -0.05) is 54.6 Å². The molecule has 0 aliphatic carbocycles. The van der Waals surface area contributed by atoms with Crippen molar-refractivity contribution in [3.8, 4) is 0 Å². The van der Waals surface area contributed by atoms with Crippen LogP contribution in [0, 0.1) is 0 Å². The Hall–Kier alpha value is -3.44. The maximum absolute atomic E-state index is 11.7. The molecule has 0 saturated heterocycles. The summed E-state index contributed by atoms with van der Waals surface area (Å²) in [5, 5.41) is 7.66. The molecule has 5 heteroatoms. The Labute approximate surface area is 172 Å². The van der Waals surface area contributed by atoms with Crippen LogP contribution in [0.5, 0.6) is 0 Å². The molecule has 30 heavy (non-hydrogen) atoms. The molecular weight excluding hydrogens is 376 g/mol. The van der Waals surface area contributed by atoms with Gasteiger partial charge in [0.1, 0.15) is 0 Å². The summed E-state index contributed by atoms with van der Waals surface area (Å²) in [5.74, 6) is 0. The molecule has 1 aromatic heterocycles. The molecule has 0 spiro atoms. The summed E-state index contributed by atoms with van der Waals surface area (Å²) in [4.78, 5) is 25.1. The molecule has 0 aliphatic rings. The number of hydrogen-bond donors (Lipinski definition) is 1. The quantitative estimate of drug-likeness (QED) is 0.326. The number of hydrogen-bond acceptors (Lipinski definition) is 3. The normalized spacial score (nSPS) is 11.7. The van der Waals surface area contributed by atoms with E-state index in [0.717, 1.165) is 12.8 Å². The molecule has 4 aromatic carbocycles. The standard InChI is InChI=1S/C25H22N2O3/c28-22-12-14-27(25(29)26-22)13-1-2-15-30-16-20-9-8-19-7-6-17-4-3-5-18-10-11-21(20)24(19)23(17)18/h3-12,14H,1-2,13,15-16H2,(H,26,28,29). The number of nitrogens with one attached hydrogen (secondary N) is 1. The Kier molecular flexibility index (Phi) is 4.81. The average molecular weight is 398 g/mol. The molecule has 0 unspecified atom stereocenters. The van der Waals surface area contributed by atoms with Crippen molar-refractivity contribution in [1.82, 2.24) is 9.55 Å². The van der Waals surface area contributed by atoms with E-state index in [4.69, 9.17) is 4.74 Å². The third-order valence-corrected chi connectivity index (χ3v) is 5.71. The summed E-state index contributed by atoms with van der Waals surface area (Å²) in [7, 11) is 0. The van der Waals surface area contributed by atoms with E-state index in [9.17, 15) is 9.59 Å². The van der Waals surface area contributed by atoms with Gasteiger partial charge in [-0.05, 0) is 50.7 Å². The van der Waals surface area contributed by atoms with E-state index in [-0.39, 0.29) is 11.2 Å². The van der Waals surface area contributed by atoms with Crippen LogP contribution >= 0.6 is 0 Å². The van der Waals surface area contributed by atoms with Crippen molar-refractivity contribution in [2.45, 2.75) is 26.0 Å². The van der Waals surface area contributed by atoms with Gasteiger partial charge in [-0.15, -0.1) is 0 Å². The van der Waals surface area contributed by atoms with Crippen LogP contribution in [0.25, 0.3) is 32.3 Å². The van der Waals surface area contributed by atoms with Gasteiger partial charge in [0.25, 0.3) is 5.56 Å². The second-order valence-corrected chi connectivity index (χ2v) is 7.64. The molecule has 5 nitrogen and oxygen atoms in total. The first-order valence-electron chi connectivity index (χ1n) is 10.2.